The first-order valence-electron chi connectivity index (χ1n) is 7.22. The molecule has 0 spiro atoms. The molecule has 0 radical (unpaired) electrons. The van der Waals surface area contributed by atoms with E-state index in [0.29, 0.717) is 15.1 Å². The normalized spacial score (nSPS) is 22.7. The molecule has 0 unspecified atom stereocenters. The van der Waals surface area contributed by atoms with E-state index in [-0.39, 0.29) is 18.9 Å². The van der Waals surface area contributed by atoms with Crippen molar-refractivity contribution in [2.24, 2.45) is 5.92 Å². The van der Waals surface area contributed by atoms with Crippen LogP contribution in [0.3, 0.4) is 0 Å². The SMILES string of the molecule is O=C(O)CCN1C(=O)C(=CC=CC2CCCCC2)SC1=S. The van der Waals surface area contributed by atoms with Crippen LogP contribution in [0.4, 0.5) is 0 Å². The third kappa shape index (κ3) is 4.68. The first-order chi connectivity index (χ1) is 10.1. The summed E-state index contributed by atoms with van der Waals surface area (Å²) >= 11 is 6.38. The Bertz CT molecular complexity index is 493. The van der Waals surface area contributed by atoms with Crippen molar-refractivity contribution in [2.45, 2.75) is 38.5 Å². The molecule has 4 nitrogen and oxygen atoms in total. The molecule has 1 N–H and O–H groups in total. The summed E-state index contributed by atoms with van der Waals surface area (Å²) in [6, 6.07) is 0. The summed E-state index contributed by atoms with van der Waals surface area (Å²) < 4.78 is 0.443. The average molecular weight is 325 g/mol. The van der Waals surface area contributed by atoms with Gasteiger partial charge in [0.2, 0.25) is 0 Å². The van der Waals surface area contributed by atoms with Crippen LogP contribution in [-0.2, 0) is 9.59 Å². The Morgan fingerprint density at radius 1 is 1.38 bits per heavy atom. The maximum Gasteiger partial charge on any atom is 0.305 e. The second-order valence-corrected chi connectivity index (χ2v) is 6.96. The lowest BCUT2D eigenvalue weighted by Crippen LogP contribution is -2.30. The summed E-state index contributed by atoms with van der Waals surface area (Å²) in [6.07, 6.45) is 12.2. The molecule has 2 rings (SSSR count). The van der Waals surface area contributed by atoms with Crippen molar-refractivity contribution < 1.29 is 14.7 Å². The second-order valence-electron chi connectivity index (χ2n) is 5.28. The molecular formula is C15H19NO3S2. The van der Waals surface area contributed by atoms with Crippen molar-refractivity contribution in [1.29, 1.82) is 0 Å². The van der Waals surface area contributed by atoms with E-state index >= 15 is 0 Å². The largest absolute Gasteiger partial charge is 0.481 e. The Morgan fingerprint density at radius 2 is 2.10 bits per heavy atom. The maximum absolute atomic E-state index is 12.1. The predicted molar refractivity (Wildman–Crippen MR) is 88.0 cm³/mol. The number of aliphatic carboxylic acids is 1. The minimum absolute atomic E-state index is 0.0857. The van der Waals surface area contributed by atoms with Crippen LogP contribution in [0.5, 0.6) is 0 Å². The molecular weight excluding hydrogens is 306 g/mol. The third-order valence-corrected chi connectivity index (χ3v) is 5.10. The van der Waals surface area contributed by atoms with Gasteiger partial charge in [-0.05, 0) is 24.8 Å². The number of carbonyl (C=O) groups excluding carboxylic acids is 1. The quantitative estimate of drug-likeness (QED) is 0.620. The fourth-order valence-corrected chi connectivity index (χ4v) is 3.80. The molecule has 1 aliphatic carbocycles. The first-order valence-corrected chi connectivity index (χ1v) is 8.44. The summed E-state index contributed by atoms with van der Waals surface area (Å²) in [5.41, 5.74) is 0. The van der Waals surface area contributed by atoms with Crippen LogP contribution in [0, 0.1) is 5.92 Å². The van der Waals surface area contributed by atoms with Gasteiger partial charge in [0.15, 0.2) is 0 Å². The van der Waals surface area contributed by atoms with Crippen molar-refractivity contribution in [3.8, 4) is 0 Å². The molecule has 1 saturated carbocycles. The number of allylic oxidation sites excluding steroid dienone is 3. The summed E-state index contributed by atoms with van der Waals surface area (Å²) in [5, 5.41) is 8.68. The summed E-state index contributed by atoms with van der Waals surface area (Å²) in [5.74, 6) is -0.489. The highest BCUT2D eigenvalue weighted by atomic mass is 32.2. The highest BCUT2D eigenvalue weighted by molar-refractivity contribution is 8.26. The van der Waals surface area contributed by atoms with E-state index < -0.39 is 5.97 Å². The molecule has 1 saturated heterocycles. The van der Waals surface area contributed by atoms with E-state index in [1.807, 2.05) is 6.08 Å². The topological polar surface area (TPSA) is 57.6 Å². The molecule has 6 heteroatoms. The van der Waals surface area contributed by atoms with E-state index in [0.717, 1.165) is 0 Å². The van der Waals surface area contributed by atoms with Gasteiger partial charge >= 0.3 is 5.97 Å². The summed E-state index contributed by atoms with van der Waals surface area (Å²) in [4.78, 5) is 24.7. The highest BCUT2D eigenvalue weighted by Crippen LogP contribution is 2.31. The van der Waals surface area contributed by atoms with Gasteiger partial charge in [-0.2, -0.15) is 0 Å². The number of hydrogen-bond acceptors (Lipinski definition) is 4. The molecule has 1 amide bonds. The standard InChI is InChI=1S/C15H19NO3S2/c17-13(18)9-10-16-14(19)12(21-15(16)20)8-4-7-11-5-2-1-3-6-11/h4,7-8,11H,1-3,5-6,9-10H2,(H,17,18). The fraction of sp³-hybridized carbons (Fsp3) is 0.533. The zero-order valence-corrected chi connectivity index (χ0v) is 13.4. The van der Waals surface area contributed by atoms with Gasteiger partial charge < -0.3 is 5.11 Å². The average Bonchev–Trinajstić information content (AvgIpc) is 2.72. The summed E-state index contributed by atoms with van der Waals surface area (Å²) in [6.45, 7) is 0.143. The minimum Gasteiger partial charge on any atom is -0.481 e. The van der Waals surface area contributed by atoms with Crippen LogP contribution in [-0.4, -0.2) is 32.7 Å². The number of amides is 1. The number of thiocarbonyl (C=S) groups is 1. The fourth-order valence-electron chi connectivity index (χ4n) is 2.54. The first kappa shape index (κ1) is 16.2. The third-order valence-electron chi connectivity index (χ3n) is 3.70. The Hall–Kier alpha value is -1.14. The number of rotatable bonds is 5. The molecule has 0 atom stereocenters. The van der Waals surface area contributed by atoms with Crippen LogP contribution >= 0.6 is 24.0 Å². The van der Waals surface area contributed by atoms with Crippen LogP contribution < -0.4 is 0 Å². The monoisotopic (exact) mass is 325 g/mol. The van der Waals surface area contributed by atoms with Crippen molar-refractivity contribution in [2.75, 3.05) is 6.54 Å². The molecule has 0 aromatic rings. The lowest BCUT2D eigenvalue weighted by molar-refractivity contribution is -0.137. The molecule has 0 aromatic carbocycles. The van der Waals surface area contributed by atoms with Crippen molar-refractivity contribution in [1.82, 2.24) is 4.90 Å². The smallest absolute Gasteiger partial charge is 0.305 e. The molecule has 0 bridgehead atoms. The van der Waals surface area contributed by atoms with E-state index in [4.69, 9.17) is 17.3 Å². The number of carbonyl (C=O) groups is 2. The highest BCUT2D eigenvalue weighted by Gasteiger charge is 2.31. The van der Waals surface area contributed by atoms with Crippen LogP contribution in [0.15, 0.2) is 23.1 Å². The van der Waals surface area contributed by atoms with Gasteiger partial charge in [-0.15, -0.1) is 0 Å². The van der Waals surface area contributed by atoms with E-state index in [1.54, 1.807) is 6.08 Å². The molecule has 114 valence electrons. The van der Waals surface area contributed by atoms with Crippen molar-refractivity contribution >= 4 is 40.2 Å². The molecule has 1 aliphatic heterocycles. The Balaban J connectivity index is 1.92. The Morgan fingerprint density at radius 3 is 2.76 bits per heavy atom. The number of carboxylic acid groups (broad SMARTS) is 1. The van der Waals surface area contributed by atoms with E-state index in [2.05, 4.69) is 6.08 Å². The van der Waals surface area contributed by atoms with E-state index in [9.17, 15) is 9.59 Å². The van der Waals surface area contributed by atoms with E-state index in [1.165, 1.54) is 48.8 Å². The zero-order valence-electron chi connectivity index (χ0n) is 11.8. The lowest BCUT2D eigenvalue weighted by Gasteiger charge is -2.17. The zero-order chi connectivity index (χ0) is 15.2. The Kier molecular flexibility index (Phi) is 5.99. The molecule has 2 fully saturated rings. The molecule has 21 heavy (non-hydrogen) atoms. The van der Waals surface area contributed by atoms with Crippen molar-refractivity contribution in [3.05, 3.63) is 23.1 Å². The number of carboxylic acids is 1. The van der Waals surface area contributed by atoms with Crippen LogP contribution in [0.1, 0.15) is 38.5 Å². The van der Waals surface area contributed by atoms with Gasteiger partial charge in [-0.1, -0.05) is 55.4 Å². The van der Waals surface area contributed by atoms with Gasteiger partial charge in [0.1, 0.15) is 4.32 Å². The predicted octanol–water partition coefficient (Wildman–Crippen LogP) is 3.34. The van der Waals surface area contributed by atoms with Crippen LogP contribution in [0.2, 0.25) is 0 Å². The lowest BCUT2D eigenvalue weighted by atomic mass is 9.89. The summed E-state index contributed by atoms with van der Waals surface area (Å²) in [7, 11) is 0. The van der Waals surface area contributed by atoms with Gasteiger partial charge in [-0.3, -0.25) is 14.5 Å². The molecule has 1 heterocycles. The number of hydrogen-bond donors (Lipinski definition) is 1. The van der Waals surface area contributed by atoms with Crippen molar-refractivity contribution in [3.63, 3.8) is 0 Å². The molecule has 0 aromatic heterocycles. The van der Waals surface area contributed by atoms with Gasteiger partial charge in [0, 0.05) is 6.54 Å². The number of thioether (sulfide) groups is 1. The van der Waals surface area contributed by atoms with Gasteiger partial charge in [0.05, 0.1) is 11.3 Å². The molecule has 2 aliphatic rings. The second kappa shape index (κ2) is 7.75. The number of nitrogens with zero attached hydrogens (tertiary/aromatic N) is 1. The maximum atomic E-state index is 12.1. The van der Waals surface area contributed by atoms with Crippen LogP contribution in [0.25, 0.3) is 0 Å². The minimum atomic E-state index is -0.926. The van der Waals surface area contributed by atoms with Gasteiger partial charge in [0.25, 0.3) is 5.91 Å². The van der Waals surface area contributed by atoms with Gasteiger partial charge in [-0.25, -0.2) is 0 Å². The Labute approximate surface area is 134 Å².